The van der Waals surface area contributed by atoms with Crippen LogP contribution in [0.15, 0.2) is 0 Å². The van der Waals surface area contributed by atoms with Gasteiger partial charge in [0.2, 0.25) is 0 Å². The molecule has 2 aliphatic heterocycles. The topological polar surface area (TPSA) is 37.3 Å². The van der Waals surface area contributed by atoms with Gasteiger partial charge >= 0.3 is 0 Å². The lowest BCUT2D eigenvalue weighted by atomic mass is 9.75. The molecule has 0 spiro atoms. The van der Waals surface area contributed by atoms with Gasteiger partial charge in [-0.05, 0) is 38.0 Å². The van der Waals surface area contributed by atoms with Gasteiger partial charge in [0.1, 0.15) is 0 Å². The molecule has 1 saturated carbocycles. The maximum atomic E-state index is 11.8. The first-order chi connectivity index (χ1) is 7.16. The zero-order valence-corrected chi connectivity index (χ0v) is 9.97. The van der Waals surface area contributed by atoms with Crippen molar-refractivity contribution in [1.29, 1.82) is 0 Å². The second-order valence-corrected chi connectivity index (χ2v) is 7.77. The number of rotatable bonds is 2. The van der Waals surface area contributed by atoms with Crippen molar-refractivity contribution in [2.24, 2.45) is 5.92 Å². The van der Waals surface area contributed by atoms with Gasteiger partial charge in [0.05, 0.1) is 5.60 Å². The van der Waals surface area contributed by atoms with E-state index in [0.717, 1.165) is 38.0 Å². The van der Waals surface area contributed by atoms with Crippen molar-refractivity contribution in [1.82, 2.24) is 0 Å². The maximum Gasteiger partial charge on any atom is 0.0673 e. The molecule has 15 heavy (non-hydrogen) atoms. The van der Waals surface area contributed by atoms with Gasteiger partial charge in [-0.1, -0.05) is 19.3 Å². The zero-order chi connectivity index (χ0) is 10.5. The molecule has 3 fully saturated rings. The summed E-state index contributed by atoms with van der Waals surface area (Å²) in [7, 11) is -0.624. The van der Waals surface area contributed by atoms with Crippen LogP contribution in [-0.4, -0.2) is 25.4 Å². The van der Waals surface area contributed by atoms with E-state index in [2.05, 4.69) is 0 Å². The van der Waals surface area contributed by atoms with E-state index in [1.807, 2.05) is 0 Å². The van der Waals surface area contributed by atoms with E-state index >= 15 is 0 Å². The van der Waals surface area contributed by atoms with Gasteiger partial charge in [0.25, 0.3) is 0 Å². The number of hydrogen-bond acceptors (Lipinski definition) is 2. The summed E-state index contributed by atoms with van der Waals surface area (Å²) < 4.78 is 11.8. The van der Waals surface area contributed by atoms with Gasteiger partial charge in [-0.15, -0.1) is 0 Å². The Morgan fingerprint density at radius 2 is 1.73 bits per heavy atom. The first kappa shape index (κ1) is 10.3. The van der Waals surface area contributed by atoms with E-state index in [4.69, 9.17) is 0 Å². The van der Waals surface area contributed by atoms with Gasteiger partial charge < -0.3 is 5.11 Å². The molecule has 3 rings (SSSR count). The van der Waals surface area contributed by atoms with Crippen molar-refractivity contribution in [3.05, 3.63) is 0 Å². The SMILES string of the molecule is O=S1C2CCC1CC(O)(CC1CCC1)C2. The molecule has 2 atom stereocenters. The van der Waals surface area contributed by atoms with Gasteiger partial charge in [-0.3, -0.25) is 4.21 Å². The Kier molecular flexibility index (Phi) is 2.44. The van der Waals surface area contributed by atoms with Crippen LogP contribution in [0.5, 0.6) is 0 Å². The van der Waals surface area contributed by atoms with Gasteiger partial charge in [0, 0.05) is 21.3 Å². The van der Waals surface area contributed by atoms with E-state index in [0.29, 0.717) is 10.5 Å². The zero-order valence-electron chi connectivity index (χ0n) is 9.15. The van der Waals surface area contributed by atoms with Gasteiger partial charge in [-0.25, -0.2) is 0 Å². The average molecular weight is 228 g/mol. The largest absolute Gasteiger partial charge is 0.390 e. The Labute approximate surface area is 93.9 Å². The normalized spacial score (nSPS) is 50.3. The van der Waals surface area contributed by atoms with Crippen LogP contribution in [0.25, 0.3) is 0 Å². The molecule has 2 nitrogen and oxygen atoms in total. The van der Waals surface area contributed by atoms with E-state index in [-0.39, 0.29) is 0 Å². The molecule has 2 saturated heterocycles. The summed E-state index contributed by atoms with van der Waals surface area (Å²) in [6.45, 7) is 0. The summed E-state index contributed by atoms with van der Waals surface area (Å²) in [4.78, 5) is 0. The molecule has 3 heteroatoms. The highest BCUT2D eigenvalue weighted by Gasteiger charge is 2.48. The first-order valence-corrected chi connectivity index (χ1v) is 7.56. The average Bonchev–Trinajstić information content (AvgIpc) is 2.37. The van der Waals surface area contributed by atoms with Crippen molar-refractivity contribution >= 4 is 10.8 Å². The maximum absolute atomic E-state index is 11.8. The lowest BCUT2D eigenvalue weighted by Crippen LogP contribution is -2.44. The highest BCUT2D eigenvalue weighted by atomic mass is 32.2. The molecule has 0 aromatic rings. The van der Waals surface area contributed by atoms with Crippen molar-refractivity contribution in [3.8, 4) is 0 Å². The molecule has 0 aromatic carbocycles. The molecule has 0 aromatic heterocycles. The van der Waals surface area contributed by atoms with Crippen LogP contribution in [0.1, 0.15) is 51.4 Å². The minimum absolute atomic E-state index is 0.314. The molecular weight excluding hydrogens is 208 g/mol. The number of aliphatic hydroxyl groups is 1. The van der Waals surface area contributed by atoms with Crippen LogP contribution >= 0.6 is 0 Å². The van der Waals surface area contributed by atoms with Crippen LogP contribution in [0.3, 0.4) is 0 Å². The smallest absolute Gasteiger partial charge is 0.0673 e. The lowest BCUT2D eigenvalue weighted by molar-refractivity contribution is -0.0118. The van der Waals surface area contributed by atoms with Crippen molar-refractivity contribution < 1.29 is 9.32 Å². The van der Waals surface area contributed by atoms with Crippen LogP contribution in [-0.2, 0) is 10.8 Å². The highest BCUT2D eigenvalue weighted by Crippen LogP contribution is 2.45. The Morgan fingerprint density at radius 1 is 1.13 bits per heavy atom. The summed E-state index contributed by atoms with van der Waals surface area (Å²) in [5, 5.41) is 11.2. The first-order valence-electron chi connectivity index (χ1n) is 6.28. The predicted molar refractivity (Wildman–Crippen MR) is 61.1 cm³/mol. The number of fused-ring (bicyclic) bond motifs is 2. The summed E-state index contributed by atoms with van der Waals surface area (Å²) in [5.41, 5.74) is -0.454. The molecule has 0 amide bonds. The van der Waals surface area contributed by atoms with Crippen LogP contribution in [0, 0.1) is 5.92 Å². The fourth-order valence-corrected chi connectivity index (χ4v) is 5.81. The summed E-state index contributed by atoms with van der Waals surface area (Å²) in [6.07, 6.45) is 8.74. The summed E-state index contributed by atoms with van der Waals surface area (Å²) in [5.74, 6) is 0.765. The molecule has 0 radical (unpaired) electrons. The van der Waals surface area contributed by atoms with E-state index < -0.39 is 16.4 Å². The summed E-state index contributed by atoms with van der Waals surface area (Å²) in [6, 6.07) is 0. The fourth-order valence-electron chi connectivity index (χ4n) is 3.58. The van der Waals surface area contributed by atoms with Crippen molar-refractivity contribution in [2.75, 3.05) is 0 Å². The van der Waals surface area contributed by atoms with Crippen LogP contribution in [0.4, 0.5) is 0 Å². The molecule has 1 aliphatic carbocycles. The van der Waals surface area contributed by atoms with E-state index in [1.54, 1.807) is 0 Å². The third-order valence-corrected chi connectivity index (χ3v) is 6.70. The van der Waals surface area contributed by atoms with Gasteiger partial charge in [-0.2, -0.15) is 0 Å². The molecule has 86 valence electrons. The number of hydrogen-bond donors (Lipinski definition) is 1. The molecular formula is C12H20O2S. The van der Waals surface area contributed by atoms with Crippen LogP contribution < -0.4 is 0 Å². The van der Waals surface area contributed by atoms with Crippen LogP contribution in [0.2, 0.25) is 0 Å². The second kappa shape index (κ2) is 3.56. The Balaban J connectivity index is 1.69. The Bertz CT molecular complexity index is 269. The molecule has 2 heterocycles. The third kappa shape index (κ3) is 1.78. The molecule has 3 aliphatic rings. The second-order valence-electron chi connectivity index (χ2n) is 5.78. The van der Waals surface area contributed by atoms with Crippen molar-refractivity contribution in [3.63, 3.8) is 0 Å². The van der Waals surface area contributed by atoms with E-state index in [9.17, 15) is 9.32 Å². The monoisotopic (exact) mass is 228 g/mol. The molecule has 2 unspecified atom stereocenters. The van der Waals surface area contributed by atoms with E-state index in [1.165, 1.54) is 19.3 Å². The minimum atomic E-state index is -0.624. The Hall–Kier alpha value is 0.110. The fraction of sp³-hybridized carbons (Fsp3) is 1.00. The lowest BCUT2D eigenvalue weighted by Gasteiger charge is -2.40. The quantitative estimate of drug-likeness (QED) is 0.784. The van der Waals surface area contributed by atoms with Gasteiger partial charge in [0.15, 0.2) is 0 Å². The summed E-state index contributed by atoms with van der Waals surface area (Å²) >= 11 is 0. The standard InChI is InChI=1S/C12H20O2S/c13-12(6-9-2-1-3-9)7-10-4-5-11(8-12)15(10)14/h9-11,13H,1-8H2. The minimum Gasteiger partial charge on any atom is -0.390 e. The Morgan fingerprint density at radius 3 is 2.20 bits per heavy atom. The molecule has 2 bridgehead atoms. The highest BCUT2D eigenvalue weighted by molar-refractivity contribution is 7.86. The van der Waals surface area contributed by atoms with Crippen molar-refractivity contribution in [2.45, 2.75) is 67.5 Å². The molecule has 1 N–H and O–H groups in total. The predicted octanol–water partition coefficient (Wildman–Crippen LogP) is 1.98. The third-order valence-electron chi connectivity index (χ3n) is 4.58.